The van der Waals surface area contributed by atoms with Crippen LogP contribution in [0.2, 0.25) is 5.02 Å². The van der Waals surface area contributed by atoms with E-state index in [1.165, 1.54) is 6.07 Å². The van der Waals surface area contributed by atoms with Crippen molar-refractivity contribution in [3.63, 3.8) is 0 Å². The summed E-state index contributed by atoms with van der Waals surface area (Å²) in [6, 6.07) is 12.7. The van der Waals surface area contributed by atoms with E-state index in [1.54, 1.807) is 13.2 Å². The molecular formula is C19H22ClFN2O. The summed E-state index contributed by atoms with van der Waals surface area (Å²) < 4.78 is 19.6. The van der Waals surface area contributed by atoms with Crippen molar-refractivity contribution in [2.75, 3.05) is 13.7 Å². The third-order valence-corrected chi connectivity index (χ3v) is 4.73. The third-order valence-electron chi connectivity index (χ3n) is 4.50. The summed E-state index contributed by atoms with van der Waals surface area (Å²) in [5.41, 5.74) is 1.72. The first-order valence-corrected chi connectivity index (χ1v) is 8.60. The number of methoxy groups -OCH3 is 1. The van der Waals surface area contributed by atoms with Crippen LogP contribution in [0.3, 0.4) is 0 Å². The molecule has 1 saturated heterocycles. The quantitative estimate of drug-likeness (QED) is 0.854. The maximum atomic E-state index is 14.2. The number of ether oxygens (including phenoxy) is 1. The molecule has 0 radical (unpaired) electrons. The lowest BCUT2D eigenvalue weighted by atomic mass is 9.91. The molecule has 5 heteroatoms. The molecule has 1 fully saturated rings. The van der Waals surface area contributed by atoms with Crippen molar-refractivity contribution >= 4 is 11.6 Å². The lowest BCUT2D eigenvalue weighted by Gasteiger charge is -2.34. The summed E-state index contributed by atoms with van der Waals surface area (Å²) in [6.07, 6.45) is 2.06. The van der Waals surface area contributed by atoms with E-state index >= 15 is 0 Å². The van der Waals surface area contributed by atoms with Gasteiger partial charge in [0.2, 0.25) is 0 Å². The molecule has 2 N–H and O–H groups in total. The molecule has 3 rings (SSSR count). The zero-order chi connectivity index (χ0) is 16.9. The fourth-order valence-corrected chi connectivity index (χ4v) is 3.48. The molecular weight excluding hydrogens is 327 g/mol. The van der Waals surface area contributed by atoms with E-state index < -0.39 is 0 Å². The van der Waals surface area contributed by atoms with Crippen LogP contribution in [0.4, 0.5) is 4.39 Å². The second-order valence-electron chi connectivity index (χ2n) is 6.04. The van der Waals surface area contributed by atoms with Crippen LogP contribution in [0, 0.1) is 5.82 Å². The first-order chi connectivity index (χ1) is 11.7. The molecule has 2 aromatic rings. The Morgan fingerprint density at radius 2 is 2.12 bits per heavy atom. The van der Waals surface area contributed by atoms with Gasteiger partial charge in [-0.25, -0.2) is 4.39 Å². The van der Waals surface area contributed by atoms with Crippen LogP contribution in [0.15, 0.2) is 42.5 Å². The predicted octanol–water partition coefficient (Wildman–Crippen LogP) is 4.07. The summed E-state index contributed by atoms with van der Waals surface area (Å²) >= 11 is 6.10. The van der Waals surface area contributed by atoms with E-state index in [4.69, 9.17) is 16.3 Å². The van der Waals surface area contributed by atoms with Crippen molar-refractivity contribution in [3.8, 4) is 5.75 Å². The van der Waals surface area contributed by atoms with E-state index in [1.807, 2.05) is 30.3 Å². The zero-order valence-electron chi connectivity index (χ0n) is 13.7. The van der Waals surface area contributed by atoms with Gasteiger partial charge in [-0.1, -0.05) is 29.8 Å². The van der Waals surface area contributed by atoms with Crippen molar-refractivity contribution in [3.05, 3.63) is 64.4 Å². The highest BCUT2D eigenvalue weighted by Gasteiger charge is 2.27. The van der Waals surface area contributed by atoms with Crippen LogP contribution in [0.1, 0.15) is 30.0 Å². The number of hydrogen-bond acceptors (Lipinski definition) is 3. The topological polar surface area (TPSA) is 33.3 Å². The highest BCUT2D eigenvalue weighted by atomic mass is 35.5. The molecule has 0 aliphatic carbocycles. The minimum absolute atomic E-state index is 0.0369. The molecule has 3 nitrogen and oxygen atoms in total. The molecule has 1 heterocycles. The van der Waals surface area contributed by atoms with Crippen molar-refractivity contribution in [1.82, 2.24) is 10.6 Å². The summed E-state index contributed by atoms with van der Waals surface area (Å²) in [6.45, 7) is 1.53. The maximum Gasteiger partial charge on any atom is 0.128 e. The number of hydrogen-bond donors (Lipinski definition) is 2. The largest absolute Gasteiger partial charge is 0.496 e. The normalized spacial score (nSPS) is 20.8. The lowest BCUT2D eigenvalue weighted by molar-refractivity contribution is 0.297. The predicted molar refractivity (Wildman–Crippen MR) is 95.0 cm³/mol. The number of piperidine rings is 1. The lowest BCUT2D eigenvalue weighted by Crippen LogP contribution is -2.46. The molecule has 0 saturated carbocycles. The van der Waals surface area contributed by atoms with Gasteiger partial charge in [0.25, 0.3) is 0 Å². The van der Waals surface area contributed by atoms with Gasteiger partial charge in [-0.05, 0) is 43.7 Å². The Morgan fingerprint density at radius 3 is 2.92 bits per heavy atom. The van der Waals surface area contributed by atoms with Crippen LogP contribution < -0.4 is 15.4 Å². The van der Waals surface area contributed by atoms with Crippen molar-refractivity contribution in [2.45, 2.75) is 31.5 Å². The van der Waals surface area contributed by atoms with E-state index in [-0.39, 0.29) is 17.9 Å². The fraction of sp³-hybridized carbons (Fsp3) is 0.368. The molecule has 1 aliphatic rings. The highest BCUT2D eigenvalue weighted by molar-refractivity contribution is 6.30. The van der Waals surface area contributed by atoms with Gasteiger partial charge in [0.05, 0.1) is 13.2 Å². The minimum atomic E-state index is -0.163. The van der Waals surface area contributed by atoms with Crippen molar-refractivity contribution < 1.29 is 9.13 Å². The molecule has 24 heavy (non-hydrogen) atoms. The van der Waals surface area contributed by atoms with Crippen molar-refractivity contribution in [2.24, 2.45) is 0 Å². The van der Waals surface area contributed by atoms with Gasteiger partial charge < -0.3 is 15.4 Å². The Kier molecular flexibility index (Phi) is 5.72. The minimum Gasteiger partial charge on any atom is -0.496 e. The third kappa shape index (κ3) is 3.89. The first-order valence-electron chi connectivity index (χ1n) is 8.22. The molecule has 0 bridgehead atoms. The average Bonchev–Trinajstić information content (AvgIpc) is 2.61. The zero-order valence-corrected chi connectivity index (χ0v) is 14.4. The molecule has 128 valence electrons. The SMILES string of the molecule is COc1ccc(Cl)cc1CN[C@@H]1CCCN[C@@H]1c1ccccc1F. The molecule has 0 unspecified atom stereocenters. The van der Waals surface area contributed by atoms with Gasteiger partial charge in [0.1, 0.15) is 11.6 Å². The van der Waals surface area contributed by atoms with E-state index in [9.17, 15) is 4.39 Å². The second-order valence-corrected chi connectivity index (χ2v) is 6.48. The molecule has 0 spiro atoms. The van der Waals surface area contributed by atoms with Crippen LogP contribution in [0.25, 0.3) is 0 Å². The Labute approximate surface area is 147 Å². The smallest absolute Gasteiger partial charge is 0.128 e. The van der Waals surface area contributed by atoms with Crippen molar-refractivity contribution in [1.29, 1.82) is 0 Å². The summed E-state index contributed by atoms with van der Waals surface area (Å²) in [4.78, 5) is 0. The van der Waals surface area contributed by atoms with E-state index in [0.29, 0.717) is 17.1 Å². The molecule has 1 aliphatic heterocycles. The van der Waals surface area contributed by atoms with Gasteiger partial charge in [0.15, 0.2) is 0 Å². The van der Waals surface area contributed by atoms with Gasteiger partial charge in [0, 0.05) is 28.7 Å². The first kappa shape index (κ1) is 17.2. The van der Waals surface area contributed by atoms with Gasteiger partial charge >= 0.3 is 0 Å². The average molecular weight is 349 g/mol. The summed E-state index contributed by atoms with van der Waals surface area (Å²) in [7, 11) is 1.65. The Bertz CT molecular complexity index is 695. The standard InChI is InChI=1S/C19H22ClFN2O/c1-24-18-9-8-14(20)11-13(18)12-23-17-7-4-10-22-19(17)15-5-2-3-6-16(15)21/h2-3,5-6,8-9,11,17,19,22-23H,4,7,10,12H2,1H3/t17-,19-/m1/s1. The second kappa shape index (κ2) is 7.97. The number of benzene rings is 2. The van der Waals surface area contributed by atoms with Crippen LogP contribution in [-0.4, -0.2) is 19.7 Å². The maximum absolute atomic E-state index is 14.2. The monoisotopic (exact) mass is 348 g/mol. The molecule has 2 aromatic carbocycles. The van der Waals surface area contributed by atoms with Gasteiger partial charge in [-0.15, -0.1) is 0 Å². The highest BCUT2D eigenvalue weighted by Crippen LogP contribution is 2.27. The Balaban J connectivity index is 1.75. The molecule has 0 aromatic heterocycles. The van der Waals surface area contributed by atoms with Crippen LogP contribution >= 0.6 is 11.6 Å². The number of halogens is 2. The summed E-state index contributed by atoms with van der Waals surface area (Å²) in [5.74, 6) is 0.641. The van der Waals surface area contributed by atoms with Gasteiger partial charge in [-0.2, -0.15) is 0 Å². The molecule has 0 amide bonds. The Hall–Kier alpha value is -1.62. The number of nitrogens with one attached hydrogen (secondary N) is 2. The summed E-state index contributed by atoms with van der Waals surface area (Å²) in [5, 5.41) is 7.67. The number of rotatable bonds is 5. The van der Waals surface area contributed by atoms with E-state index in [2.05, 4.69) is 10.6 Å². The van der Waals surface area contributed by atoms with Gasteiger partial charge in [-0.3, -0.25) is 0 Å². The van der Waals surface area contributed by atoms with Crippen LogP contribution in [-0.2, 0) is 6.54 Å². The van der Waals surface area contributed by atoms with E-state index in [0.717, 1.165) is 30.7 Å². The Morgan fingerprint density at radius 1 is 1.29 bits per heavy atom. The van der Waals surface area contributed by atoms with Crippen LogP contribution in [0.5, 0.6) is 5.75 Å². The fourth-order valence-electron chi connectivity index (χ4n) is 3.29. The molecule has 2 atom stereocenters.